The normalized spacial score (nSPS) is 10.4. The van der Waals surface area contributed by atoms with Crippen LogP contribution in [0.5, 0.6) is 0 Å². The van der Waals surface area contributed by atoms with E-state index < -0.39 is 18.5 Å². The summed E-state index contributed by atoms with van der Waals surface area (Å²) in [5, 5.41) is 19.5. The summed E-state index contributed by atoms with van der Waals surface area (Å²) in [5.41, 5.74) is 4.30. The SMILES string of the molecule is Cc1ccc(-c2nnc(-c3ccc(C(=O)OCC(=O)Nc4ccc(CC#N)cc4)cc3)o2)cc1. The third-order valence-electron chi connectivity index (χ3n) is 4.95. The van der Waals surface area contributed by atoms with Gasteiger partial charge < -0.3 is 14.5 Å². The van der Waals surface area contributed by atoms with Crippen molar-refractivity contribution in [2.75, 3.05) is 11.9 Å². The first kappa shape index (κ1) is 22.4. The van der Waals surface area contributed by atoms with Crippen molar-refractivity contribution in [1.29, 1.82) is 5.26 Å². The van der Waals surface area contributed by atoms with Gasteiger partial charge in [0.25, 0.3) is 5.91 Å². The van der Waals surface area contributed by atoms with E-state index in [-0.39, 0.29) is 5.56 Å². The minimum Gasteiger partial charge on any atom is -0.452 e. The quantitative estimate of drug-likeness (QED) is 0.408. The number of carbonyl (C=O) groups is 2. The molecule has 168 valence electrons. The van der Waals surface area contributed by atoms with Crippen LogP contribution in [0.25, 0.3) is 22.9 Å². The van der Waals surface area contributed by atoms with E-state index in [1.54, 1.807) is 48.5 Å². The van der Waals surface area contributed by atoms with Crippen molar-refractivity contribution in [2.45, 2.75) is 13.3 Å². The number of benzene rings is 3. The number of esters is 1. The zero-order valence-corrected chi connectivity index (χ0v) is 18.3. The molecular formula is C26H20N4O4. The molecular weight excluding hydrogens is 432 g/mol. The summed E-state index contributed by atoms with van der Waals surface area (Å²) in [5.74, 6) is -0.357. The number of hydrogen-bond donors (Lipinski definition) is 1. The molecule has 1 N–H and O–H groups in total. The van der Waals surface area contributed by atoms with E-state index in [1.165, 1.54) is 0 Å². The third kappa shape index (κ3) is 5.53. The fourth-order valence-electron chi connectivity index (χ4n) is 3.11. The molecule has 0 saturated heterocycles. The summed E-state index contributed by atoms with van der Waals surface area (Å²) in [6.45, 7) is 1.57. The molecule has 3 aromatic carbocycles. The third-order valence-corrected chi connectivity index (χ3v) is 4.95. The number of ether oxygens (including phenoxy) is 1. The van der Waals surface area contributed by atoms with Gasteiger partial charge in [-0.25, -0.2) is 4.79 Å². The highest BCUT2D eigenvalue weighted by atomic mass is 16.5. The highest BCUT2D eigenvalue weighted by Crippen LogP contribution is 2.24. The molecule has 0 bridgehead atoms. The minimum absolute atomic E-state index is 0.288. The minimum atomic E-state index is -0.628. The summed E-state index contributed by atoms with van der Waals surface area (Å²) in [4.78, 5) is 24.4. The number of nitrogens with zero attached hydrogens (tertiary/aromatic N) is 3. The largest absolute Gasteiger partial charge is 0.452 e. The van der Waals surface area contributed by atoms with Gasteiger partial charge >= 0.3 is 5.97 Å². The van der Waals surface area contributed by atoms with Crippen molar-refractivity contribution in [3.63, 3.8) is 0 Å². The van der Waals surface area contributed by atoms with Crippen molar-refractivity contribution >= 4 is 17.6 Å². The number of hydrogen-bond acceptors (Lipinski definition) is 7. The molecule has 0 aliphatic rings. The van der Waals surface area contributed by atoms with Gasteiger partial charge in [0.15, 0.2) is 6.61 Å². The van der Waals surface area contributed by atoms with E-state index in [4.69, 9.17) is 14.4 Å². The van der Waals surface area contributed by atoms with Crippen molar-refractivity contribution in [3.8, 4) is 29.0 Å². The van der Waals surface area contributed by atoms with E-state index in [0.29, 0.717) is 29.5 Å². The van der Waals surface area contributed by atoms with Crippen LogP contribution in [0.1, 0.15) is 21.5 Å². The predicted molar refractivity (Wildman–Crippen MR) is 125 cm³/mol. The Hall–Kier alpha value is -4.77. The molecule has 0 spiro atoms. The molecule has 4 aromatic rings. The first-order chi connectivity index (χ1) is 16.5. The van der Waals surface area contributed by atoms with E-state index in [9.17, 15) is 9.59 Å². The number of carbonyl (C=O) groups excluding carboxylic acids is 2. The summed E-state index contributed by atoms with van der Waals surface area (Å²) in [6.07, 6.45) is 0.297. The zero-order valence-electron chi connectivity index (χ0n) is 18.3. The lowest BCUT2D eigenvalue weighted by atomic mass is 10.1. The number of nitriles is 1. The summed E-state index contributed by atoms with van der Waals surface area (Å²) >= 11 is 0. The topological polar surface area (TPSA) is 118 Å². The van der Waals surface area contributed by atoms with Crippen LogP contribution < -0.4 is 5.32 Å². The van der Waals surface area contributed by atoms with E-state index in [0.717, 1.165) is 16.7 Å². The van der Waals surface area contributed by atoms with Gasteiger partial charge in [0.05, 0.1) is 18.1 Å². The Morgan fingerprint density at radius 1 is 0.912 bits per heavy atom. The lowest BCUT2D eigenvalue weighted by molar-refractivity contribution is -0.119. The number of aromatic nitrogens is 2. The molecule has 0 radical (unpaired) electrons. The zero-order chi connectivity index (χ0) is 23.9. The number of anilines is 1. The molecule has 1 heterocycles. The van der Waals surface area contributed by atoms with Crippen molar-refractivity contribution in [2.24, 2.45) is 0 Å². The van der Waals surface area contributed by atoms with Crippen LogP contribution in [0.3, 0.4) is 0 Å². The average molecular weight is 452 g/mol. The Balaban J connectivity index is 1.32. The van der Waals surface area contributed by atoms with Gasteiger partial charge in [-0.3, -0.25) is 4.79 Å². The van der Waals surface area contributed by atoms with Crippen molar-refractivity contribution in [3.05, 3.63) is 89.5 Å². The maximum absolute atomic E-state index is 12.3. The van der Waals surface area contributed by atoms with Gasteiger partial charge in [0, 0.05) is 16.8 Å². The van der Waals surface area contributed by atoms with Crippen molar-refractivity contribution < 1.29 is 18.7 Å². The van der Waals surface area contributed by atoms with Crippen LogP contribution in [-0.2, 0) is 16.0 Å². The fourth-order valence-corrected chi connectivity index (χ4v) is 3.11. The Morgan fingerprint density at radius 2 is 1.50 bits per heavy atom. The van der Waals surface area contributed by atoms with E-state index >= 15 is 0 Å². The Bertz CT molecular complexity index is 1340. The van der Waals surface area contributed by atoms with Crippen LogP contribution in [0, 0.1) is 18.3 Å². The number of nitrogens with one attached hydrogen (secondary N) is 1. The average Bonchev–Trinajstić information content (AvgIpc) is 3.35. The second kappa shape index (κ2) is 10.2. The van der Waals surface area contributed by atoms with Gasteiger partial charge in [0.2, 0.25) is 11.8 Å². The number of aryl methyl sites for hydroxylation is 1. The standard InChI is InChI=1S/C26H20N4O4/c1-17-2-6-19(7-3-17)24-29-30-25(34-24)20-8-10-21(11-9-20)26(32)33-16-23(31)28-22-12-4-18(5-13-22)14-15-27/h2-13H,14,16H2,1H3,(H,28,31). The van der Waals surface area contributed by atoms with Gasteiger partial charge in [0.1, 0.15) is 0 Å². The van der Waals surface area contributed by atoms with E-state index in [1.807, 2.05) is 31.2 Å². The van der Waals surface area contributed by atoms with Crippen LogP contribution in [-0.4, -0.2) is 28.7 Å². The monoisotopic (exact) mass is 452 g/mol. The number of amides is 1. The molecule has 1 aromatic heterocycles. The van der Waals surface area contributed by atoms with Crippen LogP contribution in [0.15, 0.2) is 77.2 Å². The Kier molecular flexibility index (Phi) is 6.75. The van der Waals surface area contributed by atoms with Gasteiger partial charge in [-0.05, 0) is 61.0 Å². The second-order valence-electron chi connectivity index (χ2n) is 7.51. The molecule has 0 fully saturated rings. The highest BCUT2D eigenvalue weighted by Gasteiger charge is 2.14. The van der Waals surface area contributed by atoms with Crippen LogP contribution >= 0.6 is 0 Å². The predicted octanol–water partition coefficient (Wildman–Crippen LogP) is 4.57. The smallest absolute Gasteiger partial charge is 0.338 e. The Morgan fingerprint density at radius 3 is 2.09 bits per heavy atom. The molecule has 4 rings (SSSR count). The molecule has 8 heteroatoms. The lowest BCUT2D eigenvalue weighted by Crippen LogP contribution is -2.20. The second-order valence-corrected chi connectivity index (χ2v) is 7.51. The van der Waals surface area contributed by atoms with Crippen molar-refractivity contribution in [1.82, 2.24) is 10.2 Å². The summed E-state index contributed by atoms with van der Waals surface area (Å²) < 4.78 is 10.8. The maximum atomic E-state index is 12.3. The molecule has 0 aliphatic heterocycles. The van der Waals surface area contributed by atoms with E-state index in [2.05, 4.69) is 21.6 Å². The van der Waals surface area contributed by atoms with Crippen LogP contribution in [0.4, 0.5) is 5.69 Å². The molecule has 34 heavy (non-hydrogen) atoms. The Labute approximate surface area is 195 Å². The first-order valence-electron chi connectivity index (χ1n) is 10.5. The first-order valence-corrected chi connectivity index (χ1v) is 10.5. The fraction of sp³-hybridized carbons (Fsp3) is 0.115. The molecule has 8 nitrogen and oxygen atoms in total. The maximum Gasteiger partial charge on any atom is 0.338 e. The molecule has 0 saturated carbocycles. The molecule has 1 amide bonds. The summed E-state index contributed by atoms with van der Waals surface area (Å²) in [7, 11) is 0. The molecule has 0 aliphatic carbocycles. The highest BCUT2D eigenvalue weighted by molar-refractivity contribution is 5.95. The lowest BCUT2D eigenvalue weighted by Gasteiger charge is -2.07. The number of rotatable bonds is 7. The van der Waals surface area contributed by atoms with Gasteiger partial charge in [-0.15, -0.1) is 10.2 Å². The van der Waals surface area contributed by atoms with Gasteiger partial charge in [-0.2, -0.15) is 5.26 Å². The molecule has 0 atom stereocenters. The van der Waals surface area contributed by atoms with Crippen LogP contribution in [0.2, 0.25) is 0 Å². The summed E-state index contributed by atoms with van der Waals surface area (Å²) in [6, 6.07) is 23.2. The molecule has 0 unspecified atom stereocenters. The van der Waals surface area contributed by atoms with Gasteiger partial charge in [-0.1, -0.05) is 29.8 Å².